The van der Waals surface area contributed by atoms with E-state index in [1.807, 2.05) is 0 Å². The molecule has 1 aromatic carbocycles. The van der Waals surface area contributed by atoms with Crippen LogP contribution in [-0.2, 0) is 13.6 Å². The highest BCUT2D eigenvalue weighted by Crippen LogP contribution is 2.18. The fourth-order valence-corrected chi connectivity index (χ4v) is 1.73. The van der Waals surface area contributed by atoms with E-state index in [-0.39, 0.29) is 5.82 Å². The molecule has 0 aliphatic heterocycles. The first kappa shape index (κ1) is 12.2. The Morgan fingerprint density at radius 1 is 1.30 bits per heavy atom. The molecular formula is C11H11FN8. The molecule has 0 spiro atoms. The SMILES string of the molecule is Cn1cc(CNc2cc(-n3cnnn3)ccc2F)nn1. The van der Waals surface area contributed by atoms with Crippen LogP contribution < -0.4 is 5.32 Å². The normalized spacial score (nSPS) is 10.7. The zero-order valence-corrected chi connectivity index (χ0v) is 10.6. The second-order valence-electron chi connectivity index (χ2n) is 4.16. The lowest BCUT2D eigenvalue weighted by atomic mass is 10.2. The summed E-state index contributed by atoms with van der Waals surface area (Å²) in [7, 11) is 1.77. The largest absolute Gasteiger partial charge is 0.377 e. The smallest absolute Gasteiger partial charge is 0.146 e. The van der Waals surface area contributed by atoms with Crippen LogP contribution in [0.15, 0.2) is 30.7 Å². The van der Waals surface area contributed by atoms with Crippen molar-refractivity contribution in [3.8, 4) is 5.69 Å². The summed E-state index contributed by atoms with van der Waals surface area (Å²) in [5.74, 6) is -0.356. The molecule has 0 fully saturated rings. The Hall–Kier alpha value is -2.84. The molecule has 1 N–H and O–H groups in total. The van der Waals surface area contributed by atoms with Crippen LogP contribution in [0.2, 0.25) is 0 Å². The first-order chi connectivity index (χ1) is 9.72. The molecule has 2 heterocycles. The van der Waals surface area contributed by atoms with Crippen molar-refractivity contribution < 1.29 is 4.39 Å². The van der Waals surface area contributed by atoms with E-state index in [9.17, 15) is 4.39 Å². The predicted molar refractivity (Wildman–Crippen MR) is 67.4 cm³/mol. The van der Waals surface area contributed by atoms with Gasteiger partial charge < -0.3 is 5.32 Å². The first-order valence-electron chi connectivity index (χ1n) is 5.84. The van der Waals surface area contributed by atoms with Crippen LogP contribution >= 0.6 is 0 Å². The van der Waals surface area contributed by atoms with Crippen LogP contribution in [0.3, 0.4) is 0 Å². The molecule has 3 aromatic rings. The maximum absolute atomic E-state index is 13.8. The Balaban J connectivity index is 1.80. The van der Waals surface area contributed by atoms with E-state index < -0.39 is 0 Å². The molecule has 20 heavy (non-hydrogen) atoms. The van der Waals surface area contributed by atoms with Crippen molar-refractivity contribution in [2.45, 2.75) is 6.54 Å². The lowest BCUT2D eigenvalue weighted by molar-refractivity contribution is 0.629. The van der Waals surface area contributed by atoms with Crippen LogP contribution in [0.5, 0.6) is 0 Å². The minimum absolute atomic E-state index is 0.351. The van der Waals surface area contributed by atoms with Crippen LogP contribution in [0.1, 0.15) is 5.69 Å². The lowest BCUT2D eigenvalue weighted by Crippen LogP contribution is -2.04. The van der Waals surface area contributed by atoms with E-state index in [0.29, 0.717) is 17.9 Å². The zero-order valence-electron chi connectivity index (χ0n) is 10.6. The van der Waals surface area contributed by atoms with Crippen molar-refractivity contribution in [3.05, 3.63) is 42.2 Å². The zero-order chi connectivity index (χ0) is 13.9. The standard InChI is InChI=1S/C11H11FN8/c1-19-6-8(15-17-19)5-13-11-4-9(2-3-10(11)12)20-7-14-16-18-20/h2-4,6-7,13H,5H2,1H3. The number of nitrogens with one attached hydrogen (secondary N) is 1. The van der Waals surface area contributed by atoms with Gasteiger partial charge in [0.2, 0.25) is 0 Å². The van der Waals surface area contributed by atoms with Gasteiger partial charge in [-0.25, -0.2) is 9.07 Å². The summed E-state index contributed by atoms with van der Waals surface area (Å²) in [5, 5.41) is 21.6. The highest BCUT2D eigenvalue weighted by molar-refractivity contribution is 5.52. The summed E-state index contributed by atoms with van der Waals surface area (Å²) < 4.78 is 16.8. The summed E-state index contributed by atoms with van der Waals surface area (Å²) in [4.78, 5) is 0. The Morgan fingerprint density at radius 3 is 2.90 bits per heavy atom. The molecule has 0 amide bonds. The minimum atomic E-state index is -0.356. The van der Waals surface area contributed by atoms with Gasteiger partial charge in [-0.1, -0.05) is 5.21 Å². The molecule has 0 unspecified atom stereocenters. The van der Waals surface area contributed by atoms with Crippen molar-refractivity contribution in [3.63, 3.8) is 0 Å². The summed E-state index contributed by atoms with van der Waals surface area (Å²) in [6, 6.07) is 4.58. The molecular weight excluding hydrogens is 263 g/mol. The van der Waals surface area contributed by atoms with Crippen LogP contribution in [0.25, 0.3) is 5.69 Å². The number of tetrazole rings is 1. The maximum Gasteiger partial charge on any atom is 0.146 e. The molecule has 2 aromatic heterocycles. The van der Waals surface area contributed by atoms with Gasteiger partial charge in [-0.3, -0.25) is 4.68 Å². The summed E-state index contributed by atoms with van der Waals surface area (Å²) >= 11 is 0. The van der Waals surface area contributed by atoms with Crippen molar-refractivity contribution in [2.75, 3.05) is 5.32 Å². The van der Waals surface area contributed by atoms with E-state index in [1.165, 1.54) is 17.1 Å². The number of benzene rings is 1. The second-order valence-corrected chi connectivity index (χ2v) is 4.16. The van der Waals surface area contributed by atoms with Crippen molar-refractivity contribution in [1.29, 1.82) is 0 Å². The van der Waals surface area contributed by atoms with E-state index in [0.717, 1.165) is 5.69 Å². The summed E-state index contributed by atoms with van der Waals surface area (Å²) in [5.41, 5.74) is 1.74. The van der Waals surface area contributed by atoms with Crippen LogP contribution in [0, 0.1) is 5.82 Å². The highest BCUT2D eigenvalue weighted by atomic mass is 19.1. The highest BCUT2D eigenvalue weighted by Gasteiger charge is 2.06. The number of hydrogen-bond donors (Lipinski definition) is 1. The molecule has 102 valence electrons. The van der Waals surface area contributed by atoms with Gasteiger partial charge >= 0.3 is 0 Å². The summed E-state index contributed by atoms with van der Waals surface area (Å²) in [6.45, 7) is 0.379. The van der Waals surface area contributed by atoms with Crippen LogP contribution in [-0.4, -0.2) is 35.2 Å². The predicted octanol–water partition coefficient (Wildman–Crippen LogP) is 0.542. The van der Waals surface area contributed by atoms with Crippen molar-refractivity contribution >= 4 is 5.69 Å². The number of hydrogen-bond acceptors (Lipinski definition) is 6. The third-order valence-electron chi connectivity index (χ3n) is 2.67. The number of nitrogens with zero attached hydrogens (tertiary/aromatic N) is 7. The Labute approximate surface area is 113 Å². The molecule has 0 bridgehead atoms. The molecule has 0 aliphatic rings. The van der Waals surface area contributed by atoms with Gasteiger partial charge in [0.1, 0.15) is 17.8 Å². The molecule has 0 saturated heterocycles. The molecule has 3 rings (SSSR count). The van der Waals surface area contributed by atoms with Gasteiger partial charge in [0.05, 0.1) is 17.9 Å². The minimum Gasteiger partial charge on any atom is -0.377 e. The molecule has 0 atom stereocenters. The van der Waals surface area contributed by atoms with Gasteiger partial charge in [0.25, 0.3) is 0 Å². The van der Waals surface area contributed by atoms with Crippen molar-refractivity contribution in [1.82, 2.24) is 35.2 Å². The van der Waals surface area contributed by atoms with Gasteiger partial charge in [-0.15, -0.1) is 10.2 Å². The van der Waals surface area contributed by atoms with E-state index in [2.05, 4.69) is 31.2 Å². The fraction of sp³-hybridized carbons (Fsp3) is 0.182. The number of aromatic nitrogens is 7. The molecule has 0 radical (unpaired) electrons. The molecule has 0 saturated carbocycles. The average molecular weight is 274 g/mol. The topological polar surface area (TPSA) is 86.3 Å². The Bertz CT molecular complexity index is 705. The van der Waals surface area contributed by atoms with E-state index in [1.54, 1.807) is 30.1 Å². The number of rotatable bonds is 4. The average Bonchev–Trinajstić information content (AvgIpc) is 3.09. The Morgan fingerprint density at radius 2 is 2.20 bits per heavy atom. The molecule has 9 heteroatoms. The van der Waals surface area contributed by atoms with Gasteiger partial charge in [0, 0.05) is 13.2 Å². The van der Waals surface area contributed by atoms with E-state index in [4.69, 9.17) is 0 Å². The first-order valence-corrected chi connectivity index (χ1v) is 5.84. The maximum atomic E-state index is 13.8. The monoisotopic (exact) mass is 274 g/mol. The second kappa shape index (κ2) is 5.03. The number of aryl methyl sites for hydroxylation is 1. The third kappa shape index (κ3) is 2.46. The van der Waals surface area contributed by atoms with Gasteiger partial charge in [0.15, 0.2) is 0 Å². The number of anilines is 1. The van der Waals surface area contributed by atoms with Gasteiger partial charge in [-0.05, 0) is 28.6 Å². The molecule has 0 aliphatic carbocycles. The quantitative estimate of drug-likeness (QED) is 0.747. The molecule has 8 nitrogen and oxygen atoms in total. The van der Waals surface area contributed by atoms with E-state index >= 15 is 0 Å². The third-order valence-corrected chi connectivity index (χ3v) is 2.67. The Kier molecular flexibility index (Phi) is 3.07. The van der Waals surface area contributed by atoms with Crippen molar-refractivity contribution in [2.24, 2.45) is 7.05 Å². The van der Waals surface area contributed by atoms with Gasteiger partial charge in [-0.2, -0.15) is 0 Å². The number of halogens is 1. The van der Waals surface area contributed by atoms with Crippen LogP contribution in [0.4, 0.5) is 10.1 Å². The lowest BCUT2D eigenvalue weighted by Gasteiger charge is -2.07. The fourth-order valence-electron chi connectivity index (χ4n) is 1.73. The summed E-state index contributed by atoms with van der Waals surface area (Å²) in [6.07, 6.45) is 3.20.